The number of hydrogen-bond acceptors (Lipinski definition) is 8. The standard InChI is InChI=1S/C27H29FN6O3/c1-6-27(2,18-9-7-8-17-23(25(35)29-3)19(28)13-30-24(17)18)14-32-22-11-20(33-15-34-22)16-10-21(36-4)26(37-5)31-12-16/h7-13,15H,6,14H2,1-5H3,(H,29,35)(H,32,33,34). The van der Waals surface area contributed by atoms with E-state index in [2.05, 4.69) is 44.4 Å². The molecule has 192 valence electrons. The van der Waals surface area contributed by atoms with E-state index in [1.807, 2.05) is 18.2 Å². The Kier molecular flexibility index (Phi) is 7.47. The highest BCUT2D eigenvalue weighted by Crippen LogP contribution is 2.35. The van der Waals surface area contributed by atoms with Crippen LogP contribution in [0.5, 0.6) is 11.6 Å². The van der Waals surface area contributed by atoms with E-state index in [1.165, 1.54) is 20.5 Å². The topological polar surface area (TPSA) is 111 Å². The SMILES string of the molecule is CCC(C)(CNc1cc(-c2cnc(OC)c(OC)c2)ncn1)c1cccc2c(C(=O)NC)c(F)cnc12. The lowest BCUT2D eigenvalue weighted by atomic mass is 9.78. The predicted octanol–water partition coefficient (Wildman–Crippen LogP) is 4.38. The first-order valence-corrected chi connectivity index (χ1v) is 11.8. The maximum absolute atomic E-state index is 14.5. The number of hydrogen-bond donors (Lipinski definition) is 2. The smallest absolute Gasteiger partial charge is 0.256 e. The van der Waals surface area contributed by atoms with E-state index in [0.29, 0.717) is 40.6 Å². The molecule has 37 heavy (non-hydrogen) atoms. The van der Waals surface area contributed by atoms with Crippen molar-refractivity contribution in [1.82, 2.24) is 25.3 Å². The minimum Gasteiger partial charge on any atom is -0.491 e. The van der Waals surface area contributed by atoms with Gasteiger partial charge in [-0.3, -0.25) is 9.78 Å². The third kappa shape index (κ3) is 5.00. The second-order valence-corrected chi connectivity index (χ2v) is 8.75. The van der Waals surface area contributed by atoms with Gasteiger partial charge in [0.25, 0.3) is 11.8 Å². The Hall–Kier alpha value is -4.34. The number of ether oxygens (including phenoxy) is 2. The Morgan fingerprint density at radius 1 is 1.08 bits per heavy atom. The Morgan fingerprint density at radius 3 is 2.59 bits per heavy atom. The maximum atomic E-state index is 14.5. The average Bonchev–Trinajstić information content (AvgIpc) is 2.94. The molecule has 4 aromatic rings. The van der Waals surface area contributed by atoms with Crippen LogP contribution in [0.3, 0.4) is 0 Å². The molecular weight excluding hydrogens is 475 g/mol. The molecule has 0 aliphatic carbocycles. The van der Waals surface area contributed by atoms with Crippen molar-refractivity contribution in [1.29, 1.82) is 0 Å². The zero-order chi connectivity index (χ0) is 26.6. The van der Waals surface area contributed by atoms with E-state index in [-0.39, 0.29) is 5.56 Å². The molecule has 0 saturated carbocycles. The Morgan fingerprint density at radius 2 is 1.89 bits per heavy atom. The first-order chi connectivity index (χ1) is 17.8. The lowest BCUT2D eigenvalue weighted by molar-refractivity contribution is 0.0960. The molecule has 9 nitrogen and oxygen atoms in total. The molecule has 1 amide bonds. The number of amides is 1. The summed E-state index contributed by atoms with van der Waals surface area (Å²) in [6.07, 6.45) is 5.00. The zero-order valence-electron chi connectivity index (χ0n) is 21.4. The van der Waals surface area contributed by atoms with E-state index in [9.17, 15) is 9.18 Å². The molecule has 2 N–H and O–H groups in total. The van der Waals surface area contributed by atoms with E-state index >= 15 is 0 Å². The van der Waals surface area contributed by atoms with E-state index in [1.54, 1.807) is 25.4 Å². The number of benzene rings is 1. The number of fused-ring (bicyclic) bond motifs is 1. The van der Waals surface area contributed by atoms with Crippen LogP contribution < -0.4 is 20.1 Å². The summed E-state index contributed by atoms with van der Waals surface area (Å²) in [5.41, 5.74) is 2.51. The number of methoxy groups -OCH3 is 2. The third-order valence-corrected chi connectivity index (χ3v) is 6.59. The number of carbonyl (C=O) groups is 1. The van der Waals surface area contributed by atoms with Gasteiger partial charge in [-0.15, -0.1) is 0 Å². The summed E-state index contributed by atoms with van der Waals surface area (Å²) in [6.45, 7) is 4.68. The van der Waals surface area contributed by atoms with Crippen molar-refractivity contribution in [3.8, 4) is 22.9 Å². The normalized spacial score (nSPS) is 12.6. The first-order valence-electron chi connectivity index (χ1n) is 11.8. The molecule has 0 aliphatic heterocycles. The summed E-state index contributed by atoms with van der Waals surface area (Å²) < 4.78 is 25.1. The average molecular weight is 505 g/mol. The second kappa shape index (κ2) is 10.7. The van der Waals surface area contributed by atoms with Crippen LogP contribution in [0.15, 0.2) is 49.1 Å². The van der Waals surface area contributed by atoms with Crippen LogP contribution in [0.4, 0.5) is 10.2 Å². The molecule has 1 aromatic carbocycles. The van der Waals surface area contributed by atoms with Gasteiger partial charge in [0.05, 0.1) is 37.2 Å². The molecule has 3 aromatic heterocycles. The van der Waals surface area contributed by atoms with Crippen molar-refractivity contribution in [3.63, 3.8) is 0 Å². The summed E-state index contributed by atoms with van der Waals surface area (Å²) in [7, 11) is 4.56. The van der Waals surface area contributed by atoms with Crippen molar-refractivity contribution in [2.45, 2.75) is 25.7 Å². The number of halogens is 1. The zero-order valence-corrected chi connectivity index (χ0v) is 21.4. The van der Waals surface area contributed by atoms with Crippen LogP contribution in [0.2, 0.25) is 0 Å². The van der Waals surface area contributed by atoms with Gasteiger partial charge in [0, 0.05) is 42.2 Å². The fraction of sp³-hybridized carbons (Fsp3) is 0.296. The summed E-state index contributed by atoms with van der Waals surface area (Å²) in [4.78, 5) is 29.8. The number of rotatable bonds is 9. The molecule has 0 saturated heterocycles. The summed E-state index contributed by atoms with van der Waals surface area (Å²) >= 11 is 0. The van der Waals surface area contributed by atoms with Crippen LogP contribution in [0.1, 0.15) is 36.2 Å². The van der Waals surface area contributed by atoms with Crippen molar-refractivity contribution < 1.29 is 18.7 Å². The Balaban J connectivity index is 1.65. The minimum atomic E-state index is -0.654. The number of nitrogens with zero attached hydrogens (tertiary/aromatic N) is 4. The minimum absolute atomic E-state index is 0.00951. The van der Waals surface area contributed by atoms with Crippen LogP contribution >= 0.6 is 0 Å². The van der Waals surface area contributed by atoms with Gasteiger partial charge >= 0.3 is 0 Å². The number of carbonyl (C=O) groups excluding carboxylic acids is 1. The molecule has 1 atom stereocenters. The van der Waals surface area contributed by atoms with Crippen molar-refractivity contribution >= 4 is 22.6 Å². The molecule has 1 unspecified atom stereocenters. The second-order valence-electron chi connectivity index (χ2n) is 8.75. The van der Waals surface area contributed by atoms with Crippen LogP contribution in [0.25, 0.3) is 22.2 Å². The van der Waals surface area contributed by atoms with Gasteiger partial charge in [-0.2, -0.15) is 0 Å². The lowest BCUT2D eigenvalue weighted by Crippen LogP contribution is -2.31. The quantitative estimate of drug-likeness (QED) is 0.345. The van der Waals surface area contributed by atoms with E-state index in [4.69, 9.17) is 9.47 Å². The van der Waals surface area contributed by atoms with Crippen LogP contribution in [-0.4, -0.2) is 53.7 Å². The number of anilines is 1. The summed E-state index contributed by atoms with van der Waals surface area (Å²) in [5.74, 6) is 0.378. The third-order valence-electron chi connectivity index (χ3n) is 6.59. The van der Waals surface area contributed by atoms with E-state index in [0.717, 1.165) is 23.7 Å². The van der Waals surface area contributed by atoms with Gasteiger partial charge in [-0.25, -0.2) is 19.3 Å². The summed E-state index contributed by atoms with van der Waals surface area (Å²) in [5, 5.41) is 6.40. The van der Waals surface area contributed by atoms with Crippen LogP contribution in [-0.2, 0) is 5.41 Å². The fourth-order valence-corrected chi connectivity index (χ4v) is 4.22. The number of nitrogens with one attached hydrogen (secondary N) is 2. The predicted molar refractivity (Wildman–Crippen MR) is 140 cm³/mol. The molecule has 0 spiro atoms. The Labute approximate surface area is 214 Å². The maximum Gasteiger partial charge on any atom is 0.256 e. The summed E-state index contributed by atoms with van der Waals surface area (Å²) in [6, 6.07) is 9.15. The molecular formula is C27H29FN6O3. The molecule has 4 rings (SSSR count). The van der Waals surface area contributed by atoms with E-state index < -0.39 is 17.1 Å². The lowest BCUT2D eigenvalue weighted by Gasteiger charge is -2.30. The monoisotopic (exact) mass is 504 g/mol. The number of pyridine rings is 2. The number of aromatic nitrogens is 4. The van der Waals surface area contributed by atoms with Gasteiger partial charge in [0.15, 0.2) is 11.6 Å². The number of para-hydroxylation sites is 1. The van der Waals surface area contributed by atoms with Crippen LogP contribution in [0, 0.1) is 5.82 Å². The van der Waals surface area contributed by atoms with Gasteiger partial charge in [0.1, 0.15) is 12.1 Å². The van der Waals surface area contributed by atoms with Crippen molar-refractivity contribution in [3.05, 3.63) is 66.0 Å². The fourth-order valence-electron chi connectivity index (χ4n) is 4.22. The molecule has 10 heteroatoms. The highest BCUT2D eigenvalue weighted by Gasteiger charge is 2.29. The Bertz CT molecular complexity index is 1450. The van der Waals surface area contributed by atoms with Crippen molar-refractivity contribution in [2.75, 3.05) is 33.1 Å². The molecule has 0 fully saturated rings. The van der Waals surface area contributed by atoms with Gasteiger partial charge < -0.3 is 20.1 Å². The van der Waals surface area contributed by atoms with Gasteiger partial charge in [-0.1, -0.05) is 32.0 Å². The first kappa shape index (κ1) is 25.7. The highest BCUT2D eigenvalue weighted by atomic mass is 19.1. The molecule has 0 aliphatic rings. The van der Waals surface area contributed by atoms with Gasteiger partial charge in [-0.05, 0) is 18.1 Å². The molecule has 3 heterocycles. The highest BCUT2D eigenvalue weighted by molar-refractivity contribution is 6.06. The molecule has 0 radical (unpaired) electrons. The van der Waals surface area contributed by atoms with Gasteiger partial charge in [0.2, 0.25) is 0 Å². The van der Waals surface area contributed by atoms with Crippen molar-refractivity contribution in [2.24, 2.45) is 0 Å². The molecule has 0 bridgehead atoms. The largest absolute Gasteiger partial charge is 0.491 e.